The molecule has 6 nitrogen and oxygen atoms in total. The van der Waals surface area contributed by atoms with Gasteiger partial charge in [0, 0.05) is 26.1 Å². The maximum absolute atomic E-state index is 12.2. The molecular formula is C12H18N2O4. The standard InChI is InChI=1S/C12H18N2O4/c1-18-12(17)10-9(15)5-8-14(11(10)16)13-6-3-2-4-7-13/h10H,2-8H2,1H3. The molecule has 0 saturated carbocycles. The number of hydrogen-bond donors (Lipinski definition) is 0. The molecule has 6 heteroatoms. The van der Waals surface area contributed by atoms with E-state index >= 15 is 0 Å². The van der Waals surface area contributed by atoms with Crippen molar-refractivity contribution in [3.05, 3.63) is 0 Å². The highest BCUT2D eigenvalue weighted by atomic mass is 16.5. The number of rotatable bonds is 2. The first-order valence-corrected chi connectivity index (χ1v) is 6.32. The van der Waals surface area contributed by atoms with Crippen LogP contribution < -0.4 is 0 Å². The molecule has 2 fully saturated rings. The summed E-state index contributed by atoms with van der Waals surface area (Å²) in [7, 11) is 1.20. The van der Waals surface area contributed by atoms with Gasteiger partial charge >= 0.3 is 5.97 Å². The minimum Gasteiger partial charge on any atom is -0.468 e. The van der Waals surface area contributed by atoms with Crippen molar-refractivity contribution in [2.75, 3.05) is 26.7 Å². The minimum absolute atomic E-state index is 0.224. The van der Waals surface area contributed by atoms with Gasteiger partial charge in [0.15, 0.2) is 11.7 Å². The number of methoxy groups -OCH3 is 1. The van der Waals surface area contributed by atoms with Gasteiger partial charge in [0.05, 0.1) is 7.11 Å². The summed E-state index contributed by atoms with van der Waals surface area (Å²) in [6, 6.07) is 0. The third kappa shape index (κ3) is 2.38. The van der Waals surface area contributed by atoms with E-state index in [9.17, 15) is 14.4 Å². The van der Waals surface area contributed by atoms with Crippen LogP contribution in [0.1, 0.15) is 25.7 Å². The van der Waals surface area contributed by atoms with Gasteiger partial charge in [-0.25, -0.2) is 5.01 Å². The Balaban J connectivity index is 2.11. The number of hydrogen-bond acceptors (Lipinski definition) is 5. The molecule has 0 aromatic rings. The highest BCUT2D eigenvalue weighted by molar-refractivity contribution is 6.17. The molecule has 100 valence electrons. The molecule has 2 aliphatic heterocycles. The first-order valence-electron chi connectivity index (χ1n) is 6.32. The molecule has 0 N–H and O–H groups in total. The van der Waals surface area contributed by atoms with Gasteiger partial charge in [-0.1, -0.05) is 6.42 Å². The van der Waals surface area contributed by atoms with Gasteiger partial charge in [0.2, 0.25) is 0 Å². The molecule has 2 heterocycles. The molecule has 1 amide bonds. The number of amides is 1. The summed E-state index contributed by atoms with van der Waals surface area (Å²) in [6.45, 7) is 2.01. The van der Waals surface area contributed by atoms with Gasteiger partial charge in [0.1, 0.15) is 0 Å². The predicted octanol–water partition coefficient (Wildman–Crippen LogP) is -0.0221. The Kier molecular flexibility index (Phi) is 3.96. The Morgan fingerprint density at radius 2 is 1.83 bits per heavy atom. The number of Topliss-reactive ketones (excluding diaryl/α,β-unsaturated/α-hetero) is 1. The van der Waals surface area contributed by atoms with E-state index in [-0.39, 0.29) is 12.2 Å². The monoisotopic (exact) mass is 254 g/mol. The zero-order valence-corrected chi connectivity index (χ0v) is 10.6. The van der Waals surface area contributed by atoms with Crippen LogP contribution in [-0.2, 0) is 19.1 Å². The molecular weight excluding hydrogens is 236 g/mol. The average Bonchev–Trinajstić information content (AvgIpc) is 2.39. The van der Waals surface area contributed by atoms with Crippen LogP contribution in [0.25, 0.3) is 0 Å². The largest absolute Gasteiger partial charge is 0.468 e. The number of nitrogens with zero attached hydrogens (tertiary/aromatic N) is 2. The minimum atomic E-state index is -1.26. The van der Waals surface area contributed by atoms with Gasteiger partial charge in [0.25, 0.3) is 5.91 Å². The van der Waals surface area contributed by atoms with E-state index in [4.69, 9.17) is 0 Å². The van der Waals surface area contributed by atoms with Gasteiger partial charge in [-0.05, 0) is 12.8 Å². The van der Waals surface area contributed by atoms with Gasteiger partial charge in [-0.3, -0.25) is 19.4 Å². The predicted molar refractivity (Wildman–Crippen MR) is 62.3 cm³/mol. The molecule has 2 saturated heterocycles. The fraction of sp³-hybridized carbons (Fsp3) is 0.750. The summed E-state index contributed by atoms with van der Waals surface area (Å²) in [4.78, 5) is 35.4. The summed E-state index contributed by atoms with van der Waals surface area (Å²) in [6.07, 6.45) is 3.47. The highest BCUT2D eigenvalue weighted by Gasteiger charge is 2.43. The van der Waals surface area contributed by atoms with Crippen molar-refractivity contribution in [1.29, 1.82) is 0 Å². The van der Waals surface area contributed by atoms with E-state index in [2.05, 4.69) is 4.74 Å². The van der Waals surface area contributed by atoms with Crippen LogP contribution in [0.15, 0.2) is 0 Å². The van der Waals surface area contributed by atoms with Crippen molar-refractivity contribution in [3.8, 4) is 0 Å². The van der Waals surface area contributed by atoms with Crippen LogP contribution in [0, 0.1) is 5.92 Å². The summed E-state index contributed by atoms with van der Waals surface area (Å²) < 4.78 is 4.54. The topological polar surface area (TPSA) is 66.9 Å². The van der Waals surface area contributed by atoms with E-state index in [0.29, 0.717) is 6.54 Å². The summed E-state index contributed by atoms with van der Waals surface area (Å²) in [5.41, 5.74) is 0. The van der Waals surface area contributed by atoms with Crippen molar-refractivity contribution >= 4 is 17.7 Å². The Morgan fingerprint density at radius 1 is 1.17 bits per heavy atom. The average molecular weight is 254 g/mol. The van der Waals surface area contributed by atoms with E-state index < -0.39 is 17.8 Å². The highest BCUT2D eigenvalue weighted by Crippen LogP contribution is 2.21. The molecule has 0 bridgehead atoms. The fourth-order valence-corrected chi connectivity index (χ4v) is 2.51. The SMILES string of the molecule is COC(=O)C1C(=O)CCN(N2CCCCC2)C1=O. The fourth-order valence-electron chi connectivity index (χ4n) is 2.51. The molecule has 0 aromatic carbocycles. The summed E-state index contributed by atoms with van der Waals surface area (Å²) >= 11 is 0. The van der Waals surface area contributed by atoms with E-state index in [1.165, 1.54) is 7.11 Å². The summed E-state index contributed by atoms with van der Waals surface area (Å²) in [5.74, 6) is -2.77. The Labute approximate surface area is 106 Å². The van der Waals surface area contributed by atoms with Crippen molar-refractivity contribution < 1.29 is 19.1 Å². The normalized spacial score (nSPS) is 26.3. The number of esters is 1. The van der Waals surface area contributed by atoms with Crippen LogP contribution >= 0.6 is 0 Å². The third-order valence-corrected chi connectivity index (χ3v) is 3.50. The van der Waals surface area contributed by atoms with E-state index in [1.807, 2.05) is 5.01 Å². The second-order valence-corrected chi connectivity index (χ2v) is 4.65. The maximum atomic E-state index is 12.2. The van der Waals surface area contributed by atoms with Crippen molar-refractivity contribution in [3.63, 3.8) is 0 Å². The molecule has 18 heavy (non-hydrogen) atoms. The molecule has 2 rings (SSSR count). The third-order valence-electron chi connectivity index (χ3n) is 3.50. The lowest BCUT2D eigenvalue weighted by Crippen LogP contribution is -2.57. The van der Waals surface area contributed by atoms with Crippen molar-refractivity contribution in [2.45, 2.75) is 25.7 Å². The smallest absolute Gasteiger partial charge is 0.325 e. The molecule has 0 radical (unpaired) electrons. The van der Waals surface area contributed by atoms with Crippen LogP contribution in [0.5, 0.6) is 0 Å². The van der Waals surface area contributed by atoms with Crippen LogP contribution in [0.2, 0.25) is 0 Å². The molecule has 2 aliphatic rings. The number of piperidine rings is 2. The molecule has 0 aliphatic carbocycles. The molecule has 0 aromatic heterocycles. The van der Waals surface area contributed by atoms with E-state index in [0.717, 1.165) is 32.4 Å². The van der Waals surface area contributed by atoms with Gasteiger partial charge in [-0.15, -0.1) is 0 Å². The second-order valence-electron chi connectivity index (χ2n) is 4.65. The maximum Gasteiger partial charge on any atom is 0.325 e. The number of ether oxygens (including phenoxy) is 1. The number of carbonyl (C=O) groups excluding carboxylic acids is 3. The number of ketones is 1. The Bertz CT molecular complexity index is 355. The number of hydrazine groups is 1. The molecule has 1 unspecified atom stereocenters. The first-order chi connectivity index (χ1) is 8.65. The van der Waals surface area contributed by atoms with Gasteiger partial charge in [-0.2, -0.15) is 0 Å². The lowest BCUT2D eigenvalue weighted by atomic mass is 9.96. The van der Waals surface area contributed by atoms with Crippen LogP contribution in [0.4, 0.5) is 0 Å². The van der Waals surface area contributed by atoms with Crippen LogP contribution in [-0.4, -0.2) is 54.4 Å². The second kappa shape index (κ2) is 5.48. The lowest BCUT2D eigenvalue weighted by molar-refractivity contribution is -0.171. The van der Waals surface area contributed by atoms with E-state index in [1.54, 1.807) is 5.01 Å². The van der Waals surface area contributed by atoms with Gasteiger partial charge < -0.3 is 4.74 Å². The lowest BCUT2D eigenvalue weighted by Gasteiger charge is -2.40. The summed E-state index contributed by atoms with van der Waals surface area (Å²) in [5, 5.41) is 3.51. The van der Waals surface area contributed by atoms with Crippen molar-refractivity contribution in [1.82, 2.24) is 10.0 Å². The Hall–Kier alpha value is -1.43. The zero-order chi connectivity index (χ0) is 13.1. The molecule has 1 atom stereocenters. The first kappa shape index (κ1) is 13.0. The Morgan fingerprint density at radius 3 is 2.44 bits per heavy atom. The van der Waals surface area contributed by atoms with Crippen molar-refractivity contribution in [2.24, 2.45) is 5.92 Å². The van der Waals surface area contributed by atoms with Crippen LogP contribution in [0.3, 0.4) is 0 Å². The quantitative estimate of drug-likeness (QED) is 0.511. The number of carbonyl (C=O) groups is 3. The molecule has 0 spiro atoms. The zero-order valence-electron chi connectivity index (χ0n) is 10.6.